The van der Waals surface area contributed by atoms with Crippen LogP contribution >= 0.6 is 0 Å². The fraction of sp³-hybridized carbons (Fsp3) is 0.471. The molecule has 0 unspecified atom stereocenters. The minimum absolute atomic E-state index is 0.0202. The molecule has 0 radical (unpaired) electrons. The Labute approximate surface area is 116 Å². The molecular weight excluding hydrogens is 232 g/mol. The maximum absolute atomic E-state index is 4.90. The number of rotatable bonds is 3. The summed E-state index contributed by atoms with van der Waals surface area (Å²) in [5.74, 6) is 0. The highest BCUT2D eigenvalue weighted by Gasteiger charge is 2.12. The molecule has 1 aromatic carbocycles. The van der Waals surface area contributed by atoms with Crippen LogP contribution in [0.3, 0.4) is 0 Å². The summed E-state index contributed by atoms with van der Waals surface area (Å²) in [5.41, 5.74) is 3.73. The molecule has 19 heavy (non-hydrogen) atoms. The van der Waals surface area contributed by atoms with Crippen molar-refractivity contribution in [3.63, 3.8) is 0 Å². The van der Waals surface area contributed by atoms with Gasteiger partial charge in [-0.3, -0.25) is 4.99 Å². The van der Waals surface area contributed by atoms with Gasteiger partial charge in [0.1, 0.15) is 0 Å². The first-order chi connectivity index (χ1) is 8.90. The number of fused-ring (bicyclic) bond motifs is 1. The van der Waals surface area contributed by atoms with Crippen LogP contribution in [-0.2, 0) is 7.05 Å². The Balaban J connectivity index is 2.50. The molecule has 2 heteroatoms. The summed E-state index contributed by atoms with van der Waals surface area (Å²) in [6.07, 6.45) is 4.27. The summed E-state index contributed by atoms with van der Waals surface area (Å²) < 4.78 is 2.17. The summed E-state index contributed by atoms with van der Waals surface area (Å²) in [5, 5.41) is 1.29. The Morgan fingerprint density at radius 2 is 1.95 bits per heavy atom. The molecule has 0 N–H and O–H groups in total. The monoisotopic (exact) mass is 256 g/mol. The molecule has 0 saturated heterocycles. The summed E-state index contributed by atoms with van der Waals surface area (Å²) in [4.78, 5) is 4.90. The molecule has 0 aliphatic carbocycles. The van der Waals surface area contributed by atoms with Crippen molar-refractivity contribution in [3.05, 3.63) is 36.0 Å². The Bertz CT molecular complexity index is 597. The van der Waals surface area contributed by atoms with Crippen molar-refractivity contribution in [2.24, 2.45) is 12.0 Å². The minimum atomic E-state index is -0.0202. The molecule has 2 aromatic rings. The summed E-state index contributed by atoms with van der Waals surface area (Å²) >= 11 is 0. The lowest BCUT2D eigenvalue weighted by Crippen LogP contribution is -2.15. The highest BCUT2D eigenvalue weighted by atomic mass is 14.9. The van der Waals surface area contributed by atoms with E-state index >= 15 is 0 Å². The van der Waals surface area contributed by atoms with Crippen molar-refractivity contribution in [2.45, 2.75) is 46.1 Å². The molecule has 2 rings (SSSR count). The Morgan fingerprint density at radius 3 is 2.58 bits per heavy atom. The summed E-state index contributed by atoms with van der Waals surface area (Å²) in [7, 11) is 2.09. The quantitative estimate of drug-likeness (QED) is 0.716. The van der Waals surface area contributed by atoms with Gasteiger partial charge in [0.25, 0.3) is 0 Å². The maximum Gasteiger partial charge on any atom is 0.0527 e. The highest BCUT2D eigenvalue weighted by molar-refractivity contribution is 6.03. The lowest BCUT2D eigenvalue weighted by atomic mass is 10.0. The third kappa shape index (κ3) is 3.25. The van der Waals surface area contributed by atoms with Crippen LogP contribution < -0.4 is 0 Å². The average molecular weight is 256 g/mol. The molecule has 0 fully saturated rings. The second-order valence-electron chi connectivity index (χ2n) is 6.18. The van der Waals surface area contributed by atoms with E-state index < -0.39 is 0 Å². The fourth-order valence-corrected chi connectivity index (χ4v) is 2.35. The highest BCUT2D eigenvalue weighted by Crippen LogP contribution is 2.20. The lowest BCUT2D eigenvalue weighted by Gasteiger charge is -2.16. The molecule has 102 valence electrons. The van der Waals surface area contributed by atoms with E-state index in [1.54, 1.807) is 0 Å². The first-order valence-electron chi connectivity index (χ1n) is 7.05. The second-order valence-corrected chi connectivity index (χ2v) is 6.18. The van der Waals surface area contributed by atoms with E-state index in [1.807, 2.05) is 0 Å². The van der Waals surface area contributed by atoms with Gasteiger partial charge in [-0.1, -0.05) is 25.5 Å². The predicted molar refractivity (Wildman–Crippen MR) is 84.1 cm³/mol. The van der Waals surface area contributed by atoms with Gasteiger partial charge in [-0.2, -0.15) is 0 Å². The van der Waals surface area contributed by atoms with Crippen LogP contribution in [0.1, 0.15) is 46.1 Å². The molecule has 0 aliphatic heterocycles. The van der Waals surface area contributed by atoms with Crippen LogP contribution in [0.15, 0.2) is 35.5 Å². The van der Waals surface area contributed by atoms with E-state index in [-0.39, 0.29) is 5.54 Å². The zero-order valence-corrected chi connectivity index (χ0v) is 12.7. The van der Waals surface area contributed by atoms with Crippen molar-refractivity contribution in [3.8, 4) is 0 Å². The molecular formula is C17H24N2. The molecule has 1 heterocycles. The van der Waals surface area contributed by atoms with Crippen molar-refractivity contribution in [2.75, 3.05) is 0 Å². The summed E-state index contributed by atoms with van der Waals surface area (Å²) in [6.45, 7) is 8.68. The Hall–Kier alpha value is -1.57. The number of aryl methyl sites for hydroxylation is 1. The van der Waals surface area contributed by atoms with E-state index in [0.717, 1.165) is 12.8 Å². The van der Waals surface area contributed by atoms with E-state index in [9.17, 15) is 0 Å². The van der Waals surface area contributed by atoms with Gasteiger partial charge in [-0.25, -0.2) is 0 Å². The predicted octanol–water partition coefficient (Wildman–Crippen LogP) is 4.57. The first kappa shape index (κ1) is 13.9. The molecule has 0 atom stereocenters. The molecule has 0 bridgehead atoms. The Kier molecular flexibility index (Phi) is 3.79. The van der Waals surface area contributed by atoms with Crippen molar-refractivity contribution < 1.29 is 0 Å². The number of nitrogens with zero attached hydrogens (tertiary/aromatic N) is 2. The van der Waals surface area contributed by atoms with Crippen molar-refractivity contribution in [1.82, 2.24) is 4.57 Å². The topological polar surface area (TPSA) is 17.3 Å². The molecule has 0 saturated carbocycles. The lowest BCUT2D eigenvalue weighted by molar-refractivity contribution is 0.581. The van der Waals surface area contributed by atoms with Gasteiger partial charge in [-0.05, 0) is 50.3 Å². The second kappa shape index (κ2) is 5.20. The smallest absolute Gasteiger partial charge is 0.0527 e. The van der Waals surface area contributed by atoms with E-state index in [2.05, 4.69) is 69.8 Å². The third-order valence-electron chi connectivity index (χ3n) is 3.18. The fourth-order valence-electron chi connectivity index (χ4n) is 2.35. The van der Waals surface area contributed by atoms with Crippen LogP contribution in [0.2, 0.25) is 0 Å². The van der Waals surface area contributed by atoms with Gasteiger partial charge in [0.15, 0.2) is 0 Å². The summed E-state index contributed by atoms with van der Waals surface area (Å²) in [6, 6.07) is 8.80. The van der Waals surface area contributed by atoms with Gasteiger partial charge in [-0.15, -0.1) is 0 Å². The average Bonchev–Trinajstić information content (AvgIpc) is 2.69. The number of aromatic nitrogens is 1. The van der Waals surface area contributed by atoms with Crippen LogP contribution in [0.25, 0.3) is 10.9 Å². The maximum atomic E-state index is 4.90. The van der Waals surface area contributed by atoms with Crippen molar-refractivity contribution in [1.29, 1.82) is 0 Å². The van der Waals surface area contributed by atoms with Gasteiger partial charge in [0.05, 0.1) is 5.54 Å². The SMILES string of the molecule is CCC/C(=N/C(C)(C)C)c1ccc2ccn(C)c2c1. The van der Waals surface area contributed by atoms with E-state index in [1.165, 1.54) is 22.2 Å². The van der Waals surface area contributed by atoms with Gasteiger partial charge in [0.2, 0.25) is 0 Å². The third-order valence-corrected chi connectivity index (χ3v) is 3.18. The largest absolute Gasteiger partial charge is 0.351 e. The molecule has 2 nitrogen and oxygen atoms in total. The normalized spacial score (nSPS) is 13.2. The van der Waals surface area contributed by atoms with Gasteiger partial charge >= 0.3 is 0 Å². The zero-order chi connectivity index (χ0) is 14.0. The van der Waals surface area contributed by atoms with Crippen LogP contribution in [0.5, 0.6) is 0 Å². The van der Waals surface area contributed by atoms with E-state index in [4.69, 9.17) is 4.99 Å². The van der Waals surface area contributed by atoms with Gasteiger partial charge < -0.3 is 4.57 Å². The number of aliphatic imine (C=N–C) groups is 1. The number of hydrogen-bond acceptors (Lipinski definition) is 1. The zero-order valence-electron chi connectivity index (χ0n) is 12.7. The van der Waals surface area contributed by atoms with Crippen molar-refractivity contribution >= 4 is 16.6 Å². The van der Waals surface area contributed by atoms with Gasteiger partial charge in [0, 0.05) is 24.5 Å². The van der Waals surface area contributed by atoms with Crippen LogP contribution in [0, 0.1) is 0 Å². The minimum Gasteiger partial charge on any atom is -0.351 e. The van der Waals surface area contributed by atoms with Crippen LogP contribution in [0.4, 0.5) is 0 Å². The molecule has 0 aliphatic rings. The van der Waals surface area contributed by atoms with Crippen LogP contribution in [-0.4, -0.2) is 15.8 Å². The standard InChI is InChI=1S/C17H24N2/c1-6-7-15(18-17(2,3)4)14-9-8-13-10-11-19(5)16(13)12-14/h8-12H,6-7H2,1-5H3/b18-15-. The number of benzene rings is 1. The van der Waals surface area contributed by atoms with E-state index in [0.29, 0.717) is 0 Å². The molecule has 0 amide bonds. The number of hydrogen-bond donors (Lipinski definition) is 0. The Morgan fingerprint density at radius 1 is 1.21 bits per heavy atom. The first-order valence-corrected chi connectivity index (χ1v) is 7.05. The molecule has 0 spiro atoms. The molecule has 1 aromatic heterocycles.